The molecule has 3 aromatic carbocycles. The lowest BCUT2D eigenvalue weighted by Crippen LogP contribution is -2.27. The van der Waals surface area contributed by atoms with E-state index < -0.39 is 5.91 Å². The summed E-state index contributed by atoms with van der Waals surface area (Å²) in [6, 6.07) is 16.4. The average molecular weight is 518 g/mol. The maximum Gasteiger partial charge on any atom is 0.293 e. The fraction of sp³-hybridized carbons (Fsp3) is 0.120. The van der Waals surface area contributed by atoms with E-state index in [1.165, 1.54) is 18.1 Å². The van der Waals surface area contributed by atoms with Gasteiger partial charge in [-0.15, -0.1) is 0 Å². The van der Waals surface area contributed by atoms with Crippen LogP contribution in [0.15, 0.2) is 65.6 Å². The number of methoxy groups -OCH3 is 1. The van der Waals surface area contributed by atoms with E-state index >= 15 is 0 Å². The Morgan fingerprint density at radius 3 is 2.50 bits per heavy atom. The van der Waals surface area contributed by atoms with Crippen molar-refractivity contribution in [2.75, 3.05) is 7.11 Å². The number of benzene rings is 3. The second-order valence-corrected chi connectivity index (χ2v) is 9.15. The zero-order valence-electron chi connectivity index (χ0n) is 17.9. The van der Waals surface area contributed by atoms with Crippen LogP contribution in [-0.2, 0) is 17.9 Å². The summed E-state index contributed by atoms with van der Waals surface area (Å²) >= 11 is 13.2. The highest BCUT2D eigenvalue weighted by Crippen LogP contribution is 2.39. The maximum atomic E-state index is 13.9. The first-order valence-electron chi connectivity index (χ1n) is 10.1. The summed E-state index contributed by atoms with van der Waals surface area (Å²) in [7, 11) is 1.45. The topological polar surface area (TPSA) is 55.8 Å². The van der Waals surface area contributed by atoms with Crippen molar-refractivity contribution in [2.45, 2.75) is 13.2 Å². The van der Waals surface area contributed by atoms with Crippen molar-refractivity contribution in [3.63, 3.8) is 0 Å². The van der Waals surface area contributed by atoms with Gasteiger partial charge in [-0.1, -0.05) is 53.5 Å². The molecule has 0 saturated carbocycles. The molecule has 1 heterocycles. The predicted octanol–water partition coefficient (Wildman–Crippen LogP) is 6.96. The van der Waals surface area contributed by atoms with Crippen LogP contribution in [0, 0.1) is 5.82 Å². The van der Waals surface area contributed by atoms with E-state index in [1.807, 2.05) is 0 Å². The fourth-order valence-corrected chi connectivity index (χ4v) is 4.53. The van der Waals surface area contributed by atoms with Gasteiger partial charge in [0.1, 0.15) is 12.4 Å². The normalized spacial score (nSPS) is 14.7. The molecule has 34 heavy (non-hydrogen) atoms. The number of hydrogen-bond donors (Lipinski definition) is 0. The number of rotatable bonds is 7. The highest BCUT2D eigenvalue weighted by molar-refractivity contribution is 8.18. The Morgan fingerprint density at radius 2 is 1.79 bits per heavy atom. The van der Waals surface area contributed by atoms with Crippen LogP contribution in [0.2, 0.25) is 10.0 Å². The minimum atomic E-state index is -0.403. The standard InChI is InChI=1S/C25H18Cl2FNO4S/c1-32-21-11-16(10-19(27)23(21)33-14-17-4-2-3-5-20(17)28)12-22-24(30)29(25(31)34-22)13-15-6-8-18(26)9-7-15/h2-12H,13-14H2,1H3/b22-12-. The quantitative estimate of drug-likeness (QED) is 0.317. The van der Waals surface area contributed by atoms with Crippen molar-refractivity contribution in [2.24, 2.45) is 0 Å². The molecule has 0 spiro atoms. The van der Waals surface area contributed by atoms with Crippen LogP contribution in [0.25, 0.3) is 6.08 Å². The zero-order valence-corrected chi connectivity index (χ0v) is 20.2. The highest BCUT2D eigenvalue weighted by Gasteiger charge is 2.35. The molecule has 1 aliphatic heterocycles. The summed E-state index contributed by atoms with van der Waals surface area (Å²) in [6.07, 6.45) is 1.57. The highest BCUT2D eigenvalue weighted by atomic mass is 35.5. The molecular weight excluding hydrogens is 500 g/mol. The summed E-state index contributed by atoms with van der Waals surface area (Å²) in [5, 5.41) is 0.432. The van der Waals surface area contributed by atoms with Crippen LogP contribution in [0.1, 0.15) is 16.7 Å². The van der Waals surface area contributed by atoms with Crippen molar-refractivity contribution < 1.29 is 23.5 Å². The van der Waals surface area contributed by atoms with E-state index in [0.717, 1.165) is 17.3 Å². The van der Waals surface area contributed by atoms with Crippen LogP contribution in [0.4, 0.5) is 9.18 Å². The maximum absolute atomic E-state index is 13.9. The number of nitrogens with zero attached hydrogens (tertiary/aromatic N) is 1. The lowest BCUT2D eigenvalue weighted by molar-refractivity contribution is -0.123. The van der Waals surface area contributed by atoms with Gasteiger partial charge in [0.25, 0.3) is 11.1 Å². The summed E-state index contributed by atoms with van der Waals surface area (Å²) in [5.41, 5.74) is 1.71. The van der Waals surface area contributed by atoms with Crippen molar-refractivity contribution in [1.29, 1.82) is 0 Å². The van der Waals surface area contributed by atoms with Crippen LogP contribution >= 0.6 is 35.0 Å². The third-order valence-electron chi connectivity index (χ3n) is 5.01. The van der Waals surface area contributed by atoms with E-state index in [4.69, 9.17) is 32.7 Å². The second kappa shape index (κ2) is 10.5. The molecule has 0 radical (unpaired) electrons. The summed E-state index contributed by atoms with van der Waals surface area (Å²) in [4.78, 5) is 26.7. The average Bonchev–Trinajstić information content (AvgIpc) is 3.07. The first kappa shape index (κ1) is 24.1. The molecular formula is C25H18Cl2FNO4S. The summed E-state index contributed by atoms with van der Waals surface area (Å²) in [6.45, 7) is 0.109. The Balaban J connectivity index is 1.53. The monoisotopic (exact) mass is 517 g/mol. The van der Waals surface area contributed by atoms with Gasteiger partial charge >= 0.3 is 0 Å². The molecule has 0 aliphatic carbocycles. The van der Waals surface area contributed by atoms with Gasteiger partial charge in [-0.25, -0.2) is 4.39 Å². The van der Waals surface area contributed by atoms with Gasteiger partial charge < -0.3 is 9.47 Å². The molecule has 3 aromatic rings. The first-order valence-corrected chi connectivity index (χ1v) is 11.7. The van der Waals surface area contributed by atoms with Crippen LogP contribution < -0.4 is 9.47 Å². The van der Waals surface area contributed by atoms with Gasteiger partial charge in [0.05, 0.1) is 23.6 Å². The smallest absolute Gasteiger partial charge is 0.293 e. The molecule has 1 saturated heterocycles. The van der Waals surface area contributed by atoms with Crippen LogP contribution in [0.3, 0.4) is 0 Å². The molecule has 4 rings (SSSR count). The molecule has 1 fully saturated rings. The van der Waals surface area contributed by atoms with Gasteiger partial charge in [-0.3, -0.25) is 14.5 Å². The minimum Gasteiger partial charge on any atom is -0.493 e. The third kappa shape index (κ3) is 5.38. The zero-order chi connectivity index (χ0) is 24.2. The first-order chi connectivity index (χ1) is 16.4. The number of thioether (sulfide) groups is 1. The Hall–Kier alpha value is -3.00. The SMILES string of the molecule is COc1cc(/C=C2\SC(=O)N(Cc3ccc(Cl)cc3)C2=O)cc(Cl)c1OCc1ccccc1F. The number of hydrogen-bond acceptors (Lipinski definition) is 5. The van der Waals surface area contributed by atoms with E-state index in [2.05, 4.69) is 0 Å². The molecule has 0 bridgehead atoms. The van der Waals surface area contributed by atoms with Gasteiger partial charge in [0, 0.05) is 10.6 Å². The molecule has 0 atom stereocenters. The van der Waals surface area contributed by atoms with Gasteiger partial charge in [-0.2, -0.15) is 0 Å². The molecule has 0 unspecified atom stereocenters. The van der Waals surface area contributed by atoms with Crippen molar-refractivity contribution >= 4 is 52.2 Å². The molecule has 0 aromatic heterocycles. The van der Waals surface area contributed by atoms with Crippen molar-refractivity contribution in [1.82, 2.24) is 4.90 Å². The lowest BCUT2D eigenvalue weighted by Gasteiger charge is -2.14. The number of imide groups is 1. The molecule has 1 aliphatic rings. The van der Waals surface area contributed by atoms with E-state index in [9.17, 15) is 14.0 Å². The van der Waals surface area contributed by atoms with Gasteiger partial charge in [0.2, 0.25) is 0 Å². The van der Waals surface area contributed by atoms with E-state index in [1.54, 1.807) is 60.7 Å². The van der Waals surface area contributed by atoms with Crippen LogP contribution in [-0.4, -0.2) is 23.2 Å². The largest absolute Gasteiger partial charge is 0.493 e. The van der Waals surface area contributed by atoms with Crippen molar-refractivity contribution in [3.05, 3.63) is 98.1 Å². The van der Waals surface area contributed by atoms with Crippen molar-refractivity contribution in [3.8, 4) is 11.5 Å². The Kier molecular flexibility index (Phi) is 7.46. The Bertz CT molecular complexity index is 1280. The number of halogens is 3. The number of ether oxygens (including phenoxy) is 2. The molecule has 2 amide bonds. The molecule has 174 valence electrons. The van der Waals surface area contributed by atoms with E-state index in [-0.39, 0.29) is 39.9 Å². The Labute approximate surface area is 210 Å². The summed E-state index contributed by atoms with van der Waals surface area (Å²) in [5.74, 6) is -0.223. The van der Waals surface area contributed by atoms with Gasteiger partial charge in [-0.05, 0) is 59.3 Å². The predicted molar refractivity (Wildman–Crippen MR) is 132 cm³/mol. The third-order valence-corrected chi connectivity index (χ3v) is 6.45. The summed E-state index contributed by atoms with van der Waals surface area (Å²) < 4.78 is 25.0. The fourth-order valence-electron chi connectivity index (χ4n) is 3.29. The minimum absolute atomic E-state index is 0.0360. The Morgan fingerprint density at radius 1 is 1.06 bits per heavy atom. The second-order valence-electron chi connectivity index (χ2n) is 7.31. The van der Waals surface area contributed by atoms with Gasteiger partial charge in [0.15, 0.2) is 11.5 Å². The number of amides is 2. The number of carbonyl (C=O) groups excluding carboxylic acids is 2. The van der Waals surface area contributed by atoms with E-state index in [0.29, 0.717) is 21.9 Å². The lowest BCUT2D eigenvalue weighted by atomic mass is 10.1. The molecule has 5 nitrogen and oxygen atoms in total. The molecule has 0 N–H and O–H groups in total. The van der Waals surface area contributed by atoms with Crippen LogP contribution in [0.5, 0.6) is 11.5 Å². The molecule has 9 heteroatoms. The number of carbonyl (C=O) groups is 2.